The number of benzene rings is 2. The quantitative estimate of drug-likeness (QED) is 0.427. The molecule has 1 heterocycles. The number of hydrogen-bond acceptors (Lipinski definition) is 8. The zero-order valence-electron chi connectivity index (χ0n) is 17.6. The number of nitrogens with zero attached hydrogens (tertiary/aromatic N) is 1. The summed E-state index contributed by atoms with van der Waals surface area (Å²) in [5, 5.41) is 8.75. The van der Waals surface area contributed by atoms with Gasteiger partial charge in [0.15, 0.2) is 15.8 Å². The molecule has 0 radical (unpaired) electrons. The van der Waals surface area contributed by atoms with Gasteiger partial charge in [-0.05, 0) is 35.9 Å². The maximum absolute atomic E-state index is 13.1. The zero-order valence-corrected chi connectivity index (χ0v) is 19.2. The lowest BCUT2D eigenvalue weighted by atomic mass is 10.1. The number of anilines is 1. The topological polar surface area (TPSA) is 94.5 Å². The summed E-state index contributed by atoms with van der Waals surface area (Å²) in [4.78, 5) is 25.6. The number of carboxylic acid groups (broad SMARTS) is 1. The smallest absolute Gasteiger partial charge is 0.306 e. The molecule has 3 rings (SSSR count). The Labute approximate surface area is 194 Å². The molecule has 0 aromatic heterocycles. The van der Waals surface area contributed by atoms with E-state index >= 15 is 0 Å². The highest BCUT2D eigenvalue weighted by Crippen LogP contribution is 2.41. The molecule has 8 nitrogen and oxygen atoms in total. The van der Waals surface area contributed by atoms with Gasteiger partial charge in [-0.1, -0.05) is 30.0 Å². The summed E-state index contributed by atoms with van der Waals surface area (Å²) in [5.74, 6) is 0.689. The van der Waals surface area contributed by atoms with Gasteiger partial charge in [0.25, 0.3) is 5.91 Å². The molecule has 2 aromatic rings. The fraction of sp³-hybridized carbons (Fsp3) is 0.227. The molecule has 1 N–H and O–H groups in total. The van der Waals surface area contributed by atoms with Crippen LogP contribution in [0.3, 0.4) is 0 Å². The molecule has 2 aromatic carbocycles. The first-order valence-corrected chi connectivity index (χ1v) is 10.6. The second-order valence-corrected chi connectivity index (χ2v) is 8.13. The maximum atomic E-state index is 13.1. The SMILES string of the molecule is COc1ccc(N2C(=O)/C(=C\c3ccc(OCCC(=O)O)c(OC)c3)SC2=S)c(OC)c1. The molecule has 1 aliphatic rings. The van der Waals surface area contributed by atoms with E-state index in [4.69, 9.17) is 36.3 Å². The lowest BCUT2D eigenvalue weighted by Crippen LogP contribution is -2.27. The molecule has 0 atom stereocenters. The first-order valence-electron chi connectivity index (χ1n) is 9.40. The fourth-order valence-corrected chi connectivity index (χ4v) is 4.22. The third-order valence-corrected chi connectivity index (χ3v) is 5.78. The number of hydrogen-bond donors (Lipinski definition) is 1. The first kappa shape index (κ1) is 23.4. The minimum absolute atomic E-state index is 0.0212. The Bertz CT molecular complexity index is 1080. The maximum Gasteiger partial charge on any atom is 0.306 e. The number of thioether (sulfide) groups is 1. The van der Waals surface area contributed by atoms with Crippen molar-refractivity contribution in [1.29, 1.82) is 0 Å². The number of carbonyl (C=O) groups excluding carboxylic acids is 1. The van der Waals surface area contributed by atoms with Gasteiger partial charge in [0.2, 0.25) is 0 Å². The molecular weight excluding hydrogens is 454 g/mol. The molecule has 1 saturated heterocycles. The van der Waals surface area contributed by atoms with Crippen molar-refractivity contribution < 1.29 is 33.6 Å². The Kier molecular flexibility index (Phi) is 7.60. The predicted molar refractivity (Wildman–Crippen MR) is 126 cm³/mol. The van der Waals surface area contributed by atoms with Crippen molar-refractivity contribution in [3.63, 3.8) is 0 Å². The molecule has 0 unspecified atom stereocenters. The van der Waals surface area contributed by atoms with Crippen molar-refractivity contribution in [2.75, 3.05) is 32.8 Å². The van der Waals surface area contributed by atoms with E-state index in [0.29, 0.717) is 43.5 Å². The van der Waals surface area contributed by atoms with E-state index in [2.05, 4.69) is 0 Å². The lowest BCUT2D eigenvalue weighted by Gasteiger charge is -2.18. The summed E-state index contributed by atoms with van der Waals surface area (Å²) < 4.78 is 21.8. The molecule has 1 fully saturated rings. The number of amides is 1. The van der Waals surface area contributed by atoms with E-state index < -0.39 is 5.97 Å². The third kappa shape index (κ3) is 5.14. The molecule has 168 valence electrons. The van der Waals surface area contributed by atoms with Gasteiger partial charge in [-0.3, -0.25) is 14.5 Å². The van der Waals surface area contributed by atoms with Gasteiger partial charge in [-0.25, -0.2) is 0 Å². The summed E-state index contributed by atoms with van der Waals surface area (Å²) in [6, 6.07) is 10.3. The van der Waals surface area contributed by atoms with Gasteiger partial charge in [0, 0.05) is 6.07 Å². The number of aliphatic carboxylic acids is 1. The third-order valence-electron chi connectivity index (χ3n) is 4.48. The molecule has 1 amide bonds. The lowest BCUT2D eigenvalue weighted by molar-refractivity contribution is -0.137. The number of thiocarbonyl (C=S) groups is 1. The highest BCUT2D eigenvalue weighted by atomic mass is 32.2. The van der Waals surface area contributed by atoms with Crippen LogP contribution in [0.2, 0.25) is 0 Å². The van der Waals surface area contributed by atoms with Gasteiger partial charge < -0.3 is 24.1 Å². The molecule has 10 heteroatoms. The first-order chi connectivity index (χ1) is 15.4. The van der Waals surface area contributed by atoms with E-state index in [9.17, 15) is 9.59 Å². The van der Waals surface area contributed by atoms with Crippen LogP contribution in [0.15, 0.2) is 41.3 Å². The molecular formula is C22H21NO7S2. The van der Waals surface area contributed by atoms with Gasteiger partial charge >= 0.3 is 5.97 Å². The summed E-state index contributed by atoms with van der Waals surface area (Å²) in [6.07, 6.45) is 1.58. The van der Waals surface area contributed by atoms with Crippen LogP contribution in [0, 0.1) is 0 Å². The van der Waals surface area contributed by atoms with Crippen molar-refractivity contribution >= 4 is 51.9 Å². The summed E-state index contributed by atoms with van der Waals surface area (Å²) in [5.41, 5.74) is 1.23. The van der Waals surface area contributed by atoms with Crippen molar-refractivity contribution in [3.8, 4) is 23.0 Å². The van der Waals surface area contributed by atoms with E-state index in [0.717, 1.165) is 0 Å². The Balaban J connectivity index is 1.85. The van der Waals surface area contributed by atoms with Crippen LogP contribution < -0.4 is 23.8 Å². The minimum atomic E-state index is -0.948. The van der Waals surface area contributed by atoms with Crippen molar-refractivity contribution in [2.24, 2.45) is 0 Å². The average Bonchev–Trinajstić information content (AvgIpc) is 3.06. The molecule has 0 saturated carbocycles. The predicted octanol–water partition coefficient (Wildman–Crippen LogP) is 3.97. The van der Waals surface area contributed by atoms with Crippen molar-refractivity contribution in [3.05, 3.63) is 46.9 Å². The number of carbonyl (C=O) groups is 2. The second kappa shape index (κ2) is 10.4. The monoisotopic (exact) mass is 475 g/mol. The summed E-state index contributed by atoms with van der Waals surface area (Å²) in [7, 11) is 4.55. The van der Waals surface area contributed by atoms with Crippen LogP contribution in [-0.2, 0) is 9.59 Å². The highest BCUT2D eigenvalue weighted by Gasteiger charge is 2.35. The van der Waals surface area contributed by atoms with Crippen LogP contribution in [-0.4, -0.2) is 49.2 Å². The Hall–Kier alpha value is -3.24. The van der Waals surface area contributed by atoms with E-state index in [1.807, 2.05) is 0 Å². The van der Waals surface area contributed by atoms with Crippen LogP contribution in [0.4, 0.5) is 5.69 Å². The van der Waals surface area contributed by atoms with Crippen LogP contribution in [0.5, 0.6) is 23.0 Å². The van der Waals surface area contributed by atoms with Gasteiger partial charge in [0.1, 0.15) is 11.5 Å². The summed E-state index contributed by atoms with van der Waals surface area (Å²) >= 11 is 6.63. The van der Waals surface area contributed by atoms with Crippen LogP contribution in [0.1, 0.15) is 12.0 Å². The molecule has 32 heavy (non-hydrogen) atoms. The molecule has 0 spiro atoms. The molecule has 0 bridgehead atoms. The number of ether oxygens (including phenoxy) is 4. The Morgan fingerprint density at radius 2 is 1.81 bits per heavy atom. The number of rotatable bonds is 9. The fourth-order valence-electron chi connectivity index (χ4n) is 2.94. The Morgan fingerprint density at radius 1 is 1.06 bits per heavy atom. The minimum Gasteiger partial charge on any atom is -0.497 e. The molecule has 0 aliphatic carbocycles. The molecule has 1 aliphatic heterocycles. The summed E-state index contributed by atoms with van der Waals surface area (Å²) in [6.45, 7) is 0.0212. The van der Waals surface area contributed by atoms with Crippen molar-refractivity contribution in [1.82, 2.24) is 0 Å². The van der Waals surface area contributed by atoms with Gasteiger partial charge in [0.05, 0.1) is 44.9 Å². The van der Waals surface area contributed by atoms with Gasteiger partial charge in [-0.15, -0.1) is 0 Å². The second-order valence-electron chi connectivity index (χ2n) is 6.46. The van der Waals surface area contributed by atoms with Crippen LogP contribution in [0.25, 0.3) is 6.08 Å². The highest BCUT2D eigenvalue weighted by molar-refractivity contribution is 8.27. The number of carboxylic acids is 1. The normalized spacial score (nSPS) is 14.6. The van der Waals surface area contributed by atoms with E-state index in [1.165, 1.54) is 30.9 Å². The Morgan fingerprint density at radius 3 is 2.47 bits per heavy atom. The number of methoxy groups -OCH3 is 3. The van der Waals surface area contributed by atoms with Crippen LogP contribution >= 0.6 is 24.0 Å². The zero-order chi connectivity index (χ0) is 23.3. The average molecular weight is 476 g/mol. The van der Waals surface area contributed by atoms with Crippen molar-refractivity contribution in [2.45, 2.75) is 6.42 Å². The largest absolute Gasteiger partial charge is 0.497 e. The standard InChI is InChI=1S/C22H21NO7S2/c1-27-14-5-6-15(17(12-14)28-2)23-21(26)19(32-22(23)31)11-13-4-7-16(18(10-13)29-3)30-9-8-20(24)25/h4-7,10-12H,8-9H2,1-3H3,(H,24,25)/b19-11+. The van der Waals surface area contributed by atoms with E-state index in [-0.39, 0.29) is 18.9 Å². The van der Waals surface area contributed by atoms with E-state index in [1.54, 1.807) is 49.6 Å². The van der Waals surface area contributed by atoms with Gasteiger partial charge in [-0.2, -0.15) is 0 Å².